The van der Waals surface area contributed by atoms with E-state index in [1.807, 2.05) is 0 Å². The van der Waals surface area contributed by atoms with Gasteiger partial charge in [-0.05, 0) is 37.8 Å². The zero-order valence-electron chi connectivity index (χ0n) is 10.7. The van der Waals surface area contributed by atoms with Crippen molar-refractivity contribution in [3.63, 3.8) is 0 Å². The lowest BCUT2D eigenvalue weighted by atomic mass is 9.77. The number of carbonyl (C=O) groups is 1. The second-order valence-electron chi connectivity index (χ2n) is 5.63. The lowest BCUT2D eigenvalue weighted by molar-refractivity contribution is 0.0820. The Hall–Kier alpha value is -1.29. The Kier molecular flexibility index (Phi) is 3.35. The summed E-state index contributed by atoms with van der Waals surface area (Å²) in [7, 11) is 0. The Labute approximate surface area is 111 Å². The third-order valence-electron chi connectivity index (χ3n) is 4.30. The van der Waals surface area contributed by atoms with Gasteiger partial charge in [0.1, 0.15) is 0 Å². The number of rotatable bonds is 2. The molecule has 1 N–H and O–H groups in total. The maximum atomic E-state index is 13.7. The van der Waals surface area contributed by atoms with Crippen LogP contribution in [0.1, 0.15) is 42.5 Å². The van der Waals surface area contributed by atoms with Gasteiger partial charge in [-0.2, -0.15) is 0 Å². The van der Waals surface area contributed by atoms with Crippen LogP contribution in [0.15, 0.2) is 18.2 Å². The van der Waals surface area contributed by atoms with E-state index in [1.165, 1.54) is 18.6 Å². The SMILES string of the molecule is O=C(c1cccc(F)c1F)C1CC2CCCC(C1)N2. The van der Waals surface area contributed by atoms with E-state index in [2.05, 4.69) is 5.32 Å². The third kappa shape index (κ3) is 2.41. The Morgan fingerprint density at radius 3 is 2.53 bits per heavy atom. The summed E-state index contributed by atoms with van der Waals surface area (Å²) in [6.07, 6.45) is 4.83. The molecule has 3 rings (SSSR count). The maximum Gasteiger partial charge on any atom is 0.169 e. The molecule has 0 aromatic heterocycles. The number of Topliss-reactive ketones (excluding diaryl/α,β-unsaturated/α-hetero) is 1. The topological polar surface area (TPSA) is 29.1 Å². The lowest BCUT2D eigenvalue weighted by Crippen LogP contribution is -2.50. The molecule has 0 spiro atoms. The van der Waals surface area contributed by atoms with Crippen molar-refractivity contribution in [3.05, 3.63) is 35.4 Å². The molecule has 2 nitrogen and oxygen atoms in total. The van der Waals surface area contributed by atoms with Crippen LogP contribution >= 0.6 is 0 Å². The van der Waals surface area contributed by atoms with E-state index in [9.17, 15) is 13.6 Å². The zero-order valence-corrected chi connectivity index (χ0v) is 10.7. The fourth-order valence-corrected chi connectivity index (χ4v) is 3.39. The number of piperidine rings is 2. The summed E-state index contributed by atoms with van der Waals surface area (Å²) >= 11 is 0. The van der Waals surface area contributed by atoms with Crippen LogP contribution in [0.5, 0.6) is 0 Å². The van der Waals surface area contributed by atoms with E-state index in [0.29, 0.717) is 12.1 Å². The summed E-state index contributed by atoms with van der Waals surface area (Å²) in [5, 5.41) is 3.50. The van der Waals surface area contributed by atoms with Crippen molar-refractivity contribution in [2.24, 2.45) is 5.92 Å². The average Bonchev–Trinajstić information content (AvgIpc) is 2.41. The molecule has 2 heterocycles. The van der Waals surface area contributed by atoms with E-state index >= 15 is 0 Å². The molecule has 2 aliphatic heterocycles. The summed E-state index contributed by atoms with van der Waals surface area (Å²) in [4.78, 5) is 12.4. The first-order chi connectivity index (χ1) is 9.15. The standard InChI is InChI=1S/C15H17F2NO/c16-13-6-2-5-12(14(13)17)15(19)9-7-10-3-1-4-11(8-9)18-10/h2,5-6,9-11,18H,1,3-4,7-8H2. The van der Waals surface area contributed by atoms with Crippen LogP contribution in [-0.4, -0.2) is 17.9 Å². The van der Waals surface area contributed by atoms with Gasteiger partial charge in [0.2, 0.25) is 0 Å². The molecule has 2 saturated heterocycles. The van der Waals surface area contributed by atoms with Gasteiger partial charge in [0, 0.05) is 18.0 Å². The molecule has 0 amide bonds. The van der Waals surface area contributed by atoms with Gasteiger partial charge in [-0.25, -0.2) is 8.78 Å². The Bertz CT molecular complexity index is 491. The quantitative estimate of drug-likeness (QED) is 0.833. The number of halogens is 2. The normalized spacial score (nSPS) is 30.1. The number of fused-ring (bicyclic) bond motifs is 2. The minimum atomic E-state index is -1.00. The number of hydrogen-bond acceptors (Lipinski definition) is 2. The van der Waals surface area contributed by atoms with Gasteiger partial charge in [-0.15, -0.1) is 0 Å². The first kappa shape index (κ1) is 12.7. The van der Waals surface area contributed by atoms with E-state index in [4.69, 9.17) is 0 Å². The van der Waals surface area contributed by atoms with E-state index in [-0.39, 0.29) is 17.3 Å². The highest BCUT2D eigenvalue weighted by molar-refractivity contribution is 5.98. The fourth-order valence-electron chi connectivity index (χ4n) is 3.39. The summed E-state index contributed by atoms with van der Waals surface area (Å²) < 4.78 is 26.9. The number of benzene rings is 1. The number of hydrogen-bond donors (Lipinski definition) is 1. The van der Waals surface area contributed by atoms with Crippen LogP contribution in [0.2, 0.25) is 0 Å². The van der Waals surface area contributed by atoms with E-state index in [0.717, 1.165) is 31.7 Å². The highest BCUT2D eigenvalue weighted by atomic mass is 19.2. The van der Waals surface area contributed by atoms with Crippen molar-refractivity contribution in [1.82, 2.24) is 5.32 Å². The summed E-state index contributed by atoms with van der Waals surface area (Å²) in [6, 6.07) is 4.55. The van der Waals surface area contributed by atoms with E-state index in [1.54, 1.807) is 0 Å². The van der Waals surface area contributed by atoms with Gasteiger partial charge in [-0.1, -0.05) is 12.5 Å². The van der Waals surface area contributed by atoms with Crippen LogP contribution in [0.3, 0.4) is 0 Å². The van der Waals surface area contributed by atoms with Gasteiger partial charge in [-0.3, -0.25) is 4.79 Å². The molecule has 1 aromatic carbocycles. The zero-order chi connectivity index (χ0) is 13.4. The molecule has 2 fully saturated rings. The lowest BCUT2D eigenvalue weighted by Gasteiger charge is -2.39. The minimum Gasteiger partial charge on any atom is -0.311 e. The Balaban J connectivity index is 1.82. The molecule has 102 valence electrons. The molecule has 2 unspecified atom stereocenters. The first-order valence-corrected chi connectivity index (χ1v) is 6.89. The van der Waals surface area contributed by atoms with Crippen molar-refractivity contribution in [2.45, 2.75) is 44.2 Å². The molecule has 2 bridgehead atoms. The van der Waals surface area contributed by atoms with Gasteiger partial charge in [0.25, 0.3) is 0 Å². The predicted molar refractivity (Wildman–Crippen MR) is 68.0 cm³/mol. The number of nitrogens with one attached hydrogen (secondary N) is 1. The summed E-state index contributed by atoms with van der Waals surface area (Å²) in [5.74, 6) is -2.36. The molecule has 19 heavy (non-hydrogen) atoms. The maximum absolute atomic E-state index is 13.7. The Morgan fingerprint density at radius 1 is 1.16 bits per heavy atom. The minimum absolute atomic E-state index is 0.0926. The summed E-state index contributed by atoms with van der Waals surface area (Å²) in [5.41, 5.74) is -0.0926. The third-order valence-corrected chi connectivity index (χ3v) is 4.30. The van der Waals surface area contributed by atoms with Crippen LogP contribution in [0, 0.1) is 17.6 Å². The van der Waals surface area contributed by atoms with Crippen LogP contribution in [-0.2, 0) is 0 Å². The molecular formula is C15H17F2NO. The monoisotopic (exact) mass is 265 g/mol. The molecule has 0 radical (unpaired) electrons. The van der Waals surface area contributed by atoms with Gasteiger partial charge >= 0.3 is 0 Å². The molecule has 0 saturated carbocycles. The predicted octanol–water partition coefficient (Wildman–Crippen LogP) is 3.07. The smallest absolute Gasteiger partial charge is 0.169 e. The highest BCUT2D eigenvalue weighted by Crippen LogP contribution is 2.32. The van der Waals surface area contributed by atoms with Gasteiger partial charge < -0.3 is 5.32 Å². The number of carbonyl (C=O) groups excluding carboxylic acids is 1. The van der Waals surface area contributed by atoms with Crippen LogP contribution < -0.4 is 5.32 Å². The van der Waals surface area contributed by atoms with Gasteiger partial charge in [0.05, 0.1) is 5.56 Å². The Morgan fingerprint density at radius 2 is 1.84 bits per heavy atom. The summed E-state index contributed by atoms with van der Waals surface area (Å²) in [6.45, 7) is 0. The molecule has 0 aliphatic carbocycles. The van der Waals surface area contributed by atoms with Crippen LogP contribution in [0.4, 0.5) is 8.78 Å². The molecule has 4 heteroatoms. The second kappa shape index (κ2) is 5.00. The highest BCUT2D eigenvalue weighted by Gasteiger charge is 2.35. The van der Waals surface area contributed by atoms with Crippen molar-refractivity contribution < 1.29 is 13.6 Å². The average molecular weight is 265 g/mol. The van der Waals surface area contributed by atoms with Crippen molar-refractivity contribution >= 4 is 5.78 Å². The van der Waals surface area contributed by atoms with E-state index < -0.39 is 11.6 Å². The fraction of sp³-hybridized carbons (Fsp3) is 0.533. The largest absolute Gasteiger partial charge is 0.311 e. The van der Waals surface area contributed by atoms with Crippen molar-refractivity contribution in [3.8, 4) is 0 Å². The van der Waals surface area contributed by atoms with Crippen LogP contribution in [0.25, 0.3) is 0 Å². The van der Waals surface area contributed by atoms with Crippen molar-refractivity contribution in [1.29, 1.82) is 0 Å². The molecule has 2 atom stereocenters. The second-order valence-corrected chi connectivity index (χ2v) is 5.63. The molecule has 2 aliphatic rings. The molecule has 1 aromatic rings. The number of ketones is 1. The molecular weight excluding hydrogens is 248 g/mol. The van der Waals surface area contributed by atoms with Gasteiger partial charge in [0.15, 0.2) is 17.4 Å². The first-order valence-electron chi connectivity index (χ1n) is 6.89. The van der Waals surface area contributed by atoms with Crippen molar-refractivity contribution in [2.75, 3.05) is 0 Å².